The van der Waals surface area contributed by atoms with E-state index in [1.807, 2.05) is 32.0 Å². The molecule has 2 N–H and O–H groups in total. The topological polar surface area (TPSA) is 44.5 Å². The molecule has 0 saturated heterocycles. The third kappa shape index (κ3) is 5.30. The lowest BCUT2D eigenvalue weighted by Gasteiger charge is -2.15. The SMILES string of the molecule is CCCC(C)COc1cc(N)cc(OC(C)C)c1. The largest absolute Gasteiger partial charge is 0.493 e. The van der Waals surface area contributed by atoms with E-state index < -0.39 is 0 Å². The molecule has 0 heterocycles. The maximum absolute atomic E-state index is 5.84. The molecule has 18 heavy (non-hydrogen) atoms. The molecule has 1 unspecified atom stereocenters. The maximum Gasteiger partial charge on any atom is 0.125 e. The number of nitrogens with two attached hydrogens (primary N) is 1. The normalized spacial score (nSPS) is 12.5. The van der Waals surface area contributed by atoms with E-state index >= 15 is 0 Å². The Morgan fingerprint density at radius 2 is 1.78 bits per heavy atom. The molecular formula is C15H25NO2. The van der Waals surface area contributed by atoms with Gasteiger partial charge in [0.2, 0.25) is 0 Å². The second kappa shape index (κ2) is 7.14. The Kier molecular flexibility index (Phi) is 5.83. The minimum atomic E-state index is 0.138. The summed E-state index contributed by atoms with van der Waals surface area (Å²) in [6.07, 6.45) is 2.50. The number of rotatable bonds is 7. The van der Waals surface area contributed by atoms with Crippen LogP contribution in [0, 0.1) is 5.92 Å². The monoisotopic (exact) mass is 251 g/mol. The third-order valence-electron chi connectivity index (χ3n) is 2.59. The molecule has 3 heteroatoms. The summed E-state index contributed by atoms with van der Waals surface area (Å²) in [5, 5.41) is 0. The molecule has 1 atom stereocenters. The highest BCUT2D eigenvalue weighted by atomic mass is 16.5. The van der Waals surface area contributed by atoms with Crippen molar-refractivity contribution in [3.63, 3.8) is 0 Å². The first-order valence-corrected chi connectivity index (χ1v) is 6.71. The summed E-state index contributed by atoms with van der Waals surface area (Å²) in [6.45, 7) is 9.09. The maximum atomic E-state index is 5.84. The molecule has 3 nitrogen and oxygen atoms in total. The minimum absolute atomic E-state index is 0.138. The molecule has 0 aromatic heterocycles. The fraction of sp³-hybridized carbons (Fsp3) is 0.600. The summed E-state index contributed by atoms with van der Waals surface area (Å²) < 4.78 is 11.4. The molecule has 1 rings (SSSR count). The molecule has 0 saturated carbocycles. The van der Waals surface area contributed by atoms with Crippen LogP contribution in [-0.2, 0) is 0 Å². The highest BCUT2D eigenvalue weighted by Gasteiger charge is 2.06. The number of hydrogen-bond donors (Lipinski definition) is 1. The van der Waals surface area contributed by atoms with Crippen molar-refractivity contribution in [3.8, 4) is 11.5 Å². The van der Waals surface area contributed by atoms with Crippen LogP contribution in [0.25, 0.3) is 0 Å². The van der Waals surface area contributed by atoms with Crippen LogP contribution in [0.2, 0.25) is 0 Å². The van der Waals surface area contributed by atoms with Crippen molar-refractivity contribution in [2.45, 2.75) is 46.6 Å². The Morgan fingerprint density at radius 1 is 1.11 bits per heavy atom. The molecule has 0 bridgehead atoms. The van der Waals surface area contributed by atoms with Crippen molar-refractivity contribution in [1.29, 1.82) is 0 Å². The summed E-state index contributed by atoms with van der Waals surface area (Å²) in [5.41, 5.74) is 6.51. The van der Waals surface area contributed by atoms with Gasteiger partial charge in [-0.1, -0.05) is 20.3 Å². The zero-order valence-electron chi connectivity index (χ0n) is 11.9. The van der Waals surface area contributed by atoms with E-state index in [2.05, 4.69) is 13.8 Å². The van der Waals surface area contributed by atoms with Gasteiger partial charge in [-0.25, -0.2) is 0 Å². The first kappa shape index (κ1) is 14.7. The van der Waals surface area contributed by atoms with E-state index in [0.29, 0.717) is 11.6 Å². The van der Waals surface area contributed by atoms with Crippen LogP contribution >= 0.6 is 0 Å². The Bertz CT molecular complexity index is 364. The van der Waals surface area contributed by atoms with Crippen molar-refractivity contribution in [3.05, 3.63) is 18.2 Å². The number of benzene rings is 1. The van der Waals surface area contributed by atoms with Crippen molar-refractivity contribution < 1.29 is 9.47 Å². The van der Waals surface area contributed by atoms with Gasteiger partial charge in [-0.2, -0.15) is 0 Å². The lowest BCUT2D eigenvalue weighted by molar-refractivity contribution is 0.234. The van der Waals surface area contributed by atoms with Crippen LogP contribution in [0.3, 0.4) is 0 Å². The molecule has 0 radical (unpaired) electrons. The van der Waals surface area contributed by atoms with Gasteiger partial charge in [0, 0.05) is 23.9 Å². The Morgan fingerprint density at radius 3 is 2.39 bits per heavy atom. The van der Waals surface area contributed by atoms with Gasteiger partial charge in [0.15, 0.2) is 0 Å². The average Bonchev–Trinajstić information content (AvgIpc) is 2.25. The quantitative estimate of drug-likeness (QED) is 0.748. The summed E-state index contributed by atoms with van der Waals surface area (Å²) >= 11 is 0. The fourth-order valence-corrected chi connectivity index (χ4v) is 1.83. The standard InChI is InChI=1S/C15H25NO2/c1-5-6-12(4)10-17-14-7-13(16)8-15(9-14)18-11(2)3/h7-9,11-12H,5-6,10,16H2,1-4H3. The summed E-state index contributed by atoms with van der Waals surface area (Å²) in [6, 6.07) is 5.56. The molecule has 102 valence electrons. The van der Waals surface area contributed by atoms with E-state index in [1.165, 1.54) is 12.8 Å². The lowest BCUT2D eigenvalue weighted by Crippen LogP contribution is -2.09. The molecular weight excluding hydrogens is 226 g/mol. The van der Waals surface area contributed by atoms with Crippen molar-refractivity contribution >= 4 is 5.69 Å². The van der Waals surface area contributed by atoms with E-state index in [4.69, 9.17) is 15.2 Å². The van der Waals surface area contributed by atoms with Crippen LogP contribution in [0.1, 0.15) is 40.5 Å². The van der Waals surface area contributed by atoms with E-state index in [-0.39, 0.29) is 6.10 Å². The second-order valence-corrected chi connectivity index (χ2v) is 5.11. The van der Waals surface area contributed by atoms with Crippen LogP contribution in [0.15, 0.2) is 18.2 Å². The lowest BCUT2D eigenvalue weighted by atomic mass is 10.1. The third-order valence-corrected chi connectivity index (χ3v) is 2.59. The smallest absolute Gasteiger partial charge is 0.125 e. The second-order valence-electron chi connectivity index (χ2n) is 5.11. The Balaban J connectivity index is 2.62. The number of ether oxygens (including phenoxy) is 2. The first-order chi connectivity index (χ1) is 8.51. The van der Waals surface area contributed by atoms with Gasteiger partial charge in [-0.15, -0.1) is 0 Å². The van der Waals surface area contributed by atoms with Gasteiger partial charge in [-0.3, -0.25) is 0 Å². The van der Waals surface area contributed by atoms with Gasteiger partial charge in [-0.05, 0) is 26.2 Å². The predicted molar refractivity (Wildman–Crippen MR) is 76.2 cm³/mol. The average molecular weight is 251 g/mol. The predicted octanol–water partition coefficient (Wildman–Crippen LogP) is 3.87. The van der Waals surface area contributed by atoms with Gasteiger partial charge in [0.1, 0.15) is 11.5 Å². The zero-order valence-corrected chi connectivity index (χ0v) is 11.9. The summed E-state index contributed by atoms with van der Waals surface area (Å²) in [5.74, 6) is 2.11. The van der Waals surface area contributed by atoms with Crippen molar-refractivity contribution in [2.24, 2.45) is 5.92 Å². The molecule has 0 spiro atoms. The molecule has 0 aliphatic heterocycles. The molecule has 1 aromatic rings. The van der Waals surface area contributed by atoms with E-state index in [1.54, 1.807) is 0 Å². The van der Waals surface area contributed by atoms with E-state index in [0.717, 1.165) is 18.1 Å². The first-order valence-electron chi connectivity index (χ1n) is 6.71. The highest BCUT2D eigenvalue weighted by molar-refractivity contribution is 5.50. The van der Waals surface area contributed by atoms with Crippen molar-refractivity contribution in [2.75, 3.05) is 12.3 Å². The van der Waals surface area contributed by atoms with Crippen molar-refractivity contribution in [1.82, 2.24) is 0 Å². The van der Waals surface area contributed by atoms with Gasteiger partial charge < -0.3 is 15.2 Å². The fourth-order valence-electron chi connectivity index (χ4n) is 1.83. The molecule has 0 aliphatic carbocycles. The Hall–Kier alpha value is -1.38. The molecule has 0 amide bonds. The number of hydrogen-bond acceptors (Lipinski definition) is 3. The van der Waals surface area contributed by atoms with Crippen LogP contribution in [0.4, 0.5) is 5.69 Å². The summed E-state index contributed by atoms with van der Waals surface area (Å²) in [4.78, 5) is 0. The molecule has 0 fully saturated rings. The zero-order chi connectivity index (χ0) is 13.5. The summed E-state index contributed by atoms with van der Waals surface area (Å²) in [7, 11) is 0. The number of anilines is 1. The highest BCUT2D eigenvalue weighted by Crippen LogP contribution is 2.25. The molecule has 0 aliphatic rings. The van der Waals surface area contributed by atoms with Crippen LogP contribution in [0.5, 0.6) is 11.5 Å². The van der Waals surface area contributed by atoms with E-state index in [9.17, 15) is 0 Å². The van der Waals surface area contributed by atoms with Crippen LogP contribution in [-0.4, -0.2) is 12.7 Å². The van der Waals surface area contributed by atoms with Gasteiger partial charge in [0.05, 0.1) is 12.7 Å². The minimum Gasteiger partial charge on any atom is -0.493 e. The van der Waals surface area contributed by atoms with Gasteiger partial charge in [0.25, 0.3) is 0 Å². The Labute approximate surface area is 110 Å². The molecule has 1 aromatic carbocycles. The van der Waals surface area contributed by atoms with Crippen LogP contribution < -0.4 is 15.2 Å². The van der Waals surface area contributed by atoms with Gasteiger partial charge >= 0.3 is 0 Å². The number of nitrogen functional groups attached to an aromatic ring is 1.